The maximum absolute atomic E-state index is 14.2. The maximum Gasteiger partial charge on any atom is 0.246 e. The molecule has 140 valence electrons. The maximum atomic E-state index is 14.2. The van der Waals surface area contributed by atoms with E-state index in [2.05, 4.69) is 11.9 Å². The third kappa shape index (κ3) is 6.11. The first-order chi connectivity index (χ1) is 11.7. The van der Waals surface area contributed by atoms with Gasteiger partial charge in [-0.3, -0.25) is 4.79 Å². The number of halogens is 1. The number of ether oxygens (including phenoxy) is 2. The average molecular weight is 374 g/mol. The zero-order valence-electron chi connectivity index (χ0n) is 14.5. The fourth-order valence-corrected chi connectivity index (χ4v) is 3.32. The molecular weight excluding hydrogens is 351 g/mol. The predicted molar refractivity (Wildman–Crippen MR) is 91.4 cm³/mol. The summed E-state index contributed by atoms with van der Waals surface area (Å²) in [6, 6.07) is 3.42. The van der Waals surface area contributed by atoms with E-state index in [9.17, 15) is 17.6 Å². The van der Waals surface area contributed by atoms with E-state index in [1.807, 2.05) is 0 Å². The standard InChI is InChI=1S/C16H23FN2O5S/c1-12(2)11-24-8-7-19(10-16(20)18-3)25(21,22)15-6-5-13(23-4)9-14(15)17/h5-6,9H,1,7-8,10-11H2,2-4H3,(H,18,20). The summed E-state index contributed by atoms with van der Waals surface area (Å²) < 4.78 is 50.6. The van der Waals surface area contributed by atoms with Gasteiger partial charge in [0.1, 0.15) is 16.5 Å². The molecule has 1 aromatic carbocycles. The lowest BCUT2D eigenvalue weighted by atomic mass is 10.3. The number of carbonyl (C=O) groups is 1. The van der Waals surface area contributed by atoms with Crippen LogP contribution in [0.5, 0.6) is 5.75 Å². The Labute approximate surface area is 147 Å². The minimum Gasteiger partial charge on any atom is -0.497 e. The molecule has 0 spiro atoms. The molecule has 7 nitrogen and oxygen atoms in total. The van der Waals surface area contributed by atoms with Crippen molar-refractivity contribution in [2.24, 2.45) is 0 Å². The van der Waals surface area contributed by atoms with Gasteiger partial charge in [-0.25, -0.2) is 12.8 Å². The van der Waals surface area contributed by atoms with Crippen LogP contribution in [0.1, 0.15) is 6.92 Å². The normalized spacial score (nSPS) is 11.4. The van der Waals surface area contributed by atoms with Gasteiger partial charge in [0, 0.05) is 19.7 Å². The molecule has 0 bridgehead atoms. The molecule has 1 N–H and O–H groups in total. The van der Waals surface area contributed by atoms with Crippen LogP contribution in [0, 0.1) is 5.82 Å². The first-order valence-electron chi connectivity index (χ1n) is 7.48. The number of rotatable bonds is 10. The number of nitrogens with zero attached hydrogens (tertiary/aromatic N) is 1. The van der Waals surface area contributed by atoms with Crippen molar-refractivity contribution in [2.75, 3.05) is 40.5 Å². The molecule has 0 aliphatic rings. The van der Waals surface area contributed by atoms with E-state index in [-0.39, 0.29) is 25.5 Å². The fraction of sp³-hybridized carbons (Fsp3) is 0.438. The number of likely N-dealkylation sites (N-methyl/N-ethyl adjacent to an activating group) is 1. The van der Waals surface area contributed by atoms with Crippen LogP contribution in [0.3, 0.4) is 0 Å². The molecule has 1 rings (SSSR count). The van der Waals surface area contributed by atoms with Gasteiger partial charge in [0.05, 0.1) is 26.9 Å². The van der Waals surface area contributed by atoms with Gasteiger partial charge in [0.2, 0.25) is 15.9 Å². The van der Waals surface area contributed by atoms with Crippen LogP contribution in [0.25, 0.3) is 0 Å². The Hall–Kier alpha value is -1.97. The van der Waals surface area contributed by atoms with E-state index >= 15 is 0 Å². The van der Waals surface area contributed by atoms with Crippen LogP contribution in [-0.2, 0) is 19.6 Å². The molecule has 25 heavy (non-hydrogen) atoms. The van der Waals surface area contributed by atoms with E-state index in [0.717, 1.165) is 22.0 Å². The molecule has 0 heterocycles. The van der Waals surface area contributed by atoms with Crippen LogP contribution in [0.4, 0.5) is 4.39 Å². The molecular formula is C16H23FN2O5S. The van der Waals surface area contributed by atoms with Crippen molar-refractivity contribution in [3.8, 4) is 5.75 Å². The lowest BCUT2D eigenvalue weighted by molar-refractivity contribution is -0.120. The quantitative estimate of drug-likeness (QED) is 0.491. The molecule has 9 heteroatoms. The number of carbonyl (C=O) groups excluding carboxylic acids is 1. The van der Waals surface area contributed by atoms with Crippen molar-refractivity contribution in [3.05, 3.63) is 36.2 Å². The van der Waals surface area contributed by atoms with E-state index in [0.29, 0.717) is 0 Å². The van der Waals surface area contributed by atoms with Crippen LogP contribution in [0.15, 0.2) is 35.2 Å². The van der Waals surface area contributed by atoms with Crippen molar-refractivity contribution in [3.63, 3.8) is 0 Å². The van der Waals surface area contributed by atoms with Crippen LogP contribution in [-0.4, -0.2) is 59.1 Å². The van der Waals surface area contributed by atoms with E-state index in [1.54, 1.807) is 6.92 Å². The Balaban J connectivity index is 3.04. The highest BCUT2D eigenvalue weighted by Crippen LogP contribution is 2.23. The third-order valence-corrected chi connectivity index (χ3v) is 5.07. The SMILES string of the molecule is C=C(C)COCCN(CC(=O)NC)S(=O)(=O)c1ccc(OC)cc1F. The van der Waals surface area contributed by atoms with Crippen LogP contribution < -0.4 is 10.1 Å². The van der Waals surface area contributed by atoms with E-state index < -0.39 is 33.2 Å². The van der Waals surface area contributed by atoms with Gasteiger partial charge in [0.15, 0.2) is 0 Å². The molecule has 0 aliphatic heterocycles. The Bertz CT molecular complexity index is 721. The van der Waals surface area contributed by atoms with Gasteiger partial charge in [-0.1, -0.05) is 12.2 Å². The Kier molecular flexibility index (Phi) is 8.01. The molecule has 1 aromatic rings. The number of hydrogen-bond acceptors (Lipinski definition) is 5. The van der Waals surface area contributed by atoms with Gasteiger partial charge in [-0.05, 0) is 19.1 Å². The minimum absolute atomic E-state index is 0.0425. The molecule has 0 fully saturated rings. The molecule has 0 saturated heterocycles. The Morgan fingerprint density at radius 3 is 2.60 bits per heavy atom. The summed E-state index contributed by atoms with van der Waals surface area (Å²) in [5.41, 5.74) is 0.780. The molecule has 0 unspecified atom stereocenters. The first kappa shape index (κ1) is 21.1. The van der Waals surface area contributed by atoms with Gasteiger partial charge in [0.25, 0.3) is 0 Å². The molecule has 0 saturated carbocycles. The summed E-state index contributed by atoms with van der Waals surface area (Å²) in [5.74, 6) is -1.28. The summed E-state index contributed by atoms with van der Waals surface area (Å²) in [7, 11) is -1.49. The summed E-state index contributed by atoms with van der Waals surface area (Å²) in [5, 5.41) is 2.35. The third-order valence-electron chi connectivity index (χ3n) is 3.19. The lowest BCUT2D eigenvalue weighted by Gasteiger charge is -2.22. The summed E-state index contributed by atoms with van der Waals surface area (Å²) in [6.45, 7) is 5.21. The zero-order valence-corrected chi connectivity index (χ0v) is 15.4. The van der Waals surface area contributed by atoms with Crippen LogP contribution >= 0.6 is 0 Å². The highest BCUT2D eigenvalue weighted by Gasteiger charge is 2.29. The lowest BCUT2D eigenvalue weighted by Crippen LogP contribution is -2.41. The van der Waals surface area contributed by atoms with Gasteiger partial charge in [-0.2, -0.15) is 4.31 Å². The summed E-state index contributed by atoms with van der Waals surface area (Å²) >= 11 is 0. The van der Waals surface area contributed by atoms with Crippen molar-refractivity contribution in [2.45, 2.75) is 11.8 Å². The van der Waals surface area contributed by atoms with Crippen molar-refractivity contribution >= 4 is 15.9 Å². The van der Waals surface area contributed by atoms with Crippen molar-refractivity contribution in [1.82, 2.24) is 9.62 Å². The second kappa shape index (κ2) is 9.50. The smallest absolute Gasteiger partial charge is 0.246 e. The number of benzene rings is 1. The summed E-state index contributed by atoms with van der Waals surface area (Å²) in [6.07, 6.45) is 0. The van der Waals surface area contributed by atoms with E-state index in [1.165, 1.54) is 20.2 Å². The zero-order chi connectivity index (χ0) is 19.0. The molecule has 0 aliphatic carbocycles. The minimum atomic E-state index is -4.22. The second-order valence-corrected chi connectivity index (χ2v) is 7.22. The molecule has 0 aromatic heterocycles. The number of methoxy groups -OCH3 is 1. The largest absolute Gasteiger partial charge is 0.497 e. The topological polar surface area (TPSA) is 84.9 Å². The van der Waals surface area contributed by atoms with Gasteiger partial charge in [-0.15, -0.1) is 0 Å². The first-order valence-corrected chi connectivity index (χ1v) is 8.92. The average Bonchev–Trinajstić information content (AvgIpc) is 2.56. The predicted octanol–water partition coefficient (Wildman–Crippen LogP) is 1.16. The van der Waals surface area contributed by atoms with Gasteiger partial charge < -0.3 is 14.8 Å². The van der Waals surface area contributed by atoms with E-state index in [4.69, 9.17) is 9.47 Å². The number of sulfonamides is 1. The van der Waals surface area contributed by atoms with Gasteiger partial charge >= 0.3 is 0 Å². The van der Waals surface area contributed by atoms with Crippen LogP contribution in [0.2, 0.25) is 0 Å². The molecule has 0 atom stereocenters. The number of hydrogen-bond donors (Lipinski definition) is 1. The molecule has 1 amide bonds. The Morgan fingerprint density at radius 2 is 2.08 bits per heavy atom. The number of nitrogens with one attached hydrogen (secondary N) is 1. The highest BCUT2D eigenvalue weighted by atomic mass is 32.2. The fourth-order valence-electron chi connectivity index (χ4n) is 1.89. The Morgan fingerprint density at radius 1 is 1.40 bits per heavy atom. The summed E-state index contributed by atoms with van der Waals surface area (Å²) in [4.78, 5) is 11.1. The second-order valence-electron chi connectivity index (χ2n) is 5.32. The monoisotopic (exact) mass is 374 g/mol. The van der Waals surface area contributed by atoms with Crippen molar-refractivity contribution in [1.29, 1.82) is 0 Å². The van der Waals surface area contributed by atoms with Crippen molar-refractivity contribution < 1.29 is 27.1 Å². The highest BCUT2D eigenvalue weighted by molar-refractivity contribution is 7.89. The number of amides is 1. The molecule has 0 radical (unpaired) electrons.